The Balaban J connectivity index is 3.52. The number of unbranched alkanes of at least 4 members (excludes halogenated alkanes) is 26. The summed E-state index contributed by atoms with van der Waals surface area (Å²) < 4.78 is 10.6. The smallest absolute Gasteiger partial charge is 0.306 e. The van der Waals surface area contributed by atoms with E-state index in [4.69, 9.17) is 9.47 Å². The summed E-state index contributed by atoms with van der Waals surface area (Å²) in [4.78, 5) is 24.3. The molecular formula is C43H80O5. The maximum atomic E-state index is 12.2. The Morgan fingerprint density at radius 2 is 0.771 bits per heavy atom. The summed E-state index contributed by atoms with van der Waals surface area (Å²) in [6, 6.07) is 0. The molecule has 0 aliphatic heterocycles. The van der Waals surface area contributed by atoms with Gasteiger partial charge in [0, 0.05) is 12.8 Å². The van der Waals surface area contributed by atoms with Crippen molar-refractivity contribution in [3.63, 3.8) is 0 Å². The van der Waals surface area contributed by atoms with E-state index >= 15 is 0 Å². The number of carbonyl (C=O) groups excluding carboxylic acids is 2. The summed E-state index contributed by atoms with van der Waals surface area (Å²) in [6.07, 6.45) is 46.7. The van der Waals surface area contributed by atoms with Crippen molar-refractivity contribution in [2.24, 2.45) is 0 Å². The molecule has 282 valence electrons. The Labute approximate surface area is 298 Å². The number of allylic oxidation sites excluding steroid dienone is 4. The van der Waals surface area contributed by atoms with E-state index in [0.717, 1.165) is 38.5 Å². The molecule has 0 amide bonds. The van der Waals surface area contributed by atoms with E-state index in [0.29, 0.717) is 12.8 Å². The number of carbonyl (C=O) groups is 2. The van der Waals surface area contributed by atoms with Crippen LogP contribution in [-0.2, 0) is 19.1 Å². The highest BCUT2D eigenvalue weighted by Gasteiger charge is 2.16. The number of aliphatic hydroxyl groups excluding tert-OH is 1. The lowest BCUT2D eigenvalue weighted by molar-refractivity contribution is -0.161. The van der Waals surface area contributed by atoms with Crippen molar-refractivity contribution in [2.75, 3.05) is 13.2 Å². The van der Waals surface area contributed by atoms with Crippen molar-refractivity contribution in [2.45, 2.75) is 225 Å². The summed E-state index contributed by atoms with van der Waals surface area (Å²) in [7, 11) is 0. The quantitative estimate of drug-likeness (QED) is 0.0400. The number of rotatable bonds is 38. The van der Waals surface area contributed by atoms with Gasteiger partial charge in [-0.25, -0.2) is 0 Å². The van der Waals surface area contributed by atoms with Crippen LogP contribution >= 0.6 is 0 Å². The van der Waals surface area contributed by atoms with Gasteiger partial charge in [0.05, 0.1) is 6.61 Å². The Bertz CT molecular complexity index is 731. The molecule has 0 aromatic rings. The maximum Gasteiger partial charge on any atom is 0.306 e. The van der Waals surface area contributed by atoms with Crippen molar-refractivity contribution in [1.29, 1.82) is 0 Å². The second-order valence-corrected chi connectivity index (χ2v) is 14.1. The van der Waals surface area contributed by atoms with Crippen LogP contribution < -0.4 is 0 Å². The van der Waals surface area contributed by atoms with Gasteiger partial charge in [0.2, 0.25) is 0 Å². The lowest BCUT2D eigenvalue weighted by Gasteiger charge is -2.15. The predicted octanol–water partition coefficient (Wildman–Crippen LogP) is 13.1. The van der Waals surface area contributed by atoms with Gasteiger partial charge in [-0.3, -0.25) is 9.59 Å². The average Bonchev–Trinajstić information content (AvgIpc) is 3.09. The fourth-order valence-corrected chi connectivity index (χ4v) is 6.01. The van der Waals surface area contributed by atoms with Crippen LogP contribution in [0.3, 0.4) is 0 Å². The fourth-order valence-electron chi connectivity index (χ4n) is 6.01. The number of hydrogen-bond donors (Lipinski definition) is 1. The predicted molar refractivity (Wildman–Crippen MR) is 205 cm³/mol. The van der Waals surface area contributed by atoms with Gasteiger partial charge in [-0.1, -0.05) is 167 Å². The average molecular weight is 677 g/mol. The first-order valence-corrected chi connectivity index (χ1v) is 20.9. The van der Waals surface area contributed by atoms with Gasteiger partial charge in [-0.15, -0.1) is 0 Å². The third-order valence-corrected chi connectivity index (χ3v) is 9.22. The van der Waals surface area contributed by atoms with Crippen molar-refractivity contribution in [3.05, 3.63) is 24.3 Å². The van der Waals surface area contributed by atoms with Crippen LogP contribution in [0.5, 0.6) is 0 Å². The van der Waals surface area contributed by atoms with Gasteiger partial charge < -0.3 is 14.6 Å². The molecule has 0 bridgehead atoms. The molecule has 0 aromatic heterocycles. The molecule has 1 N–H and O–H groups in total. The molecule has 5 heteroatoms. The van der Waals surface area contributed by atoms with E-state index in [-0.39, 0.29) is 25.2 Å². The Hall–Kier alpha value is -1.62. The van der Waals surface area contributed by atoms with Gasteiger partial charge >= 0.3 is 11.9 Å². The minimum absolute atomic E-state index is 0.0657. The molecule has 1 atom stereocenters. The number of ether oxygens (including phenoxy) is 2. The fraction of sp³-hybridized carbons (Fsp3) is 0.860. The Morgan fingerprint density at radius 3 is 1.15 bits per heavy atom. The first-order chi connectivity index (χ1) is 23.6. The van der Waals surface area contributed by atoms with Crippen LogP contribution in [0.4, 0.5) is 0 Å². The normalized spacial score (nSPS) is 12.3. The standard InChI is InChI=1S/C43H80O5/c1-3-5-7-9-11-13-15-17-19-20-21-22-24-26-28-30-32-34-36-38-43(46)48-41(39-44)40-47-42(45)37-35-33-31-29-27-25-23-18-16-14-12-10-8-6-4-2/h14,16-17,19,41,44H,3-13,15,18,20-40H2,1-2H3/b16-14+,19-17+/t41-/m0/s1. The van der Waals surface area contributed by atoms with E-state index in [1.165, 1.54) is 154 Å². The molecule has 0 rings (SSSR count). The van der Waals surface area contributed by atoms with Crippen LogP contribution in [0, 0.1) is 0 Å². The number of aliphatic hydroxyl groups is 1. The van der Waals surface area contributed by atoms with Crippen molar-refractivity contribution in [1.82, 2.24) is 0 Å². The van der Waals surface area contributed by atoms with Crippen LogP contribution in [0.25, 0.3) is 0 Å². The van der Waals surface area contributed by atoms with Crippen LogP contribution in [0.15, 0.2) is 24.3 Å². The molecule has 0 unspecified atom stereocenters. The van der Waals surface area contributed by atoms with Gasteiger partial charge in [0.25, 0.3) is 0 Å². The molecule has 0 fully saturated rings. The second kappa shape index (κ2) is 39.8. The van der Waals surface area contributed by atoms with E-state index in [1.807, 2.05) is 0 Å². The first kappa shape index (κ1) is 46.4. The monoisotopic (exact) mass is 677 g/mol. The van der Waals surface area contributed by atoms with E-state index in [9.17, 15) is 14.7 Å². The SMILES string of the molecule is CCCCCC/C=C/CCCCCCCCCC(=O)OC[C@H](CO)OC(=O)CCCCCCCCCCC/C=C/CCCCCCCC. The van der Waals surface area contributed by atoms with Crippen molar-refractivity contribution >= 4 is 11.9 Å². The number of hydrogen-bond acceptors (Lipinski definition) is 5. The maximum absolute atomic E-state index is 12.2. The van der Waals surface area contributed by atoms with E-state index in [2.05, 4.69) is 38.2 Å². The van der Waals surface area contributed by atoms with Gasteiger partial charge in [0.15, 0.2) is 6.10 Å². The Morgan fingerprint density at radius 1 is 0.458 bits per heavy atom. The minimum atomic E-state index is -0.770. The topological polar surface area (TPSA) is 72.8 Å². The molecular weight excluding hydrogens is 596 g/mol. The molecule has 0 saturated heterocycles. The summed E-state index contributed by atoms with van der Waals surface area (Å²) in [5.74, 6) is -0.592. The third kappa shape index (κ3) is 37.2. The lowest BCUT2D eigenvalue weighted by Crippen LogP contribution is -2.28. The van der Waals surface area contributed by atoms with Gasteiger partial charge in [-0.2, -0.15) is 0 Å². The molecule has 0 aliphatic rings. The highest BCUT2D eigenvalue weighted by atomic mass is 16.6. The van der Waals surface area contributed by atoms with Crippen LogP contribution in [0.2, 0.25) is 0 Å². The highest BCUT2D eigenvalue weighted by molar-refractivity contribution is 5.70. The zero-order chi connectivity index (χ0) is 35.0. The third-order valence-electron chi connectivity index (χ3n) is 9.22. The highest BCUT2D eigenvalue weighted by Crippen LogP contribution is 2.14. The molecule has 5 nitrogen and oxygen atoms in total. The summed E-state index contributed by atoms with van der Waals surface area (Å²) >= 11 is 0. The van der Waals surface area contributed by atoms with Gasteiger partial charge in [0.1, 0.15) is 6.61 Å². The van der Waals surface area contributed by atoms with Crippen LogP contribution in [0.1, 0.15) is 219 Å². The molecule has 0 aliphatic carbocycles. The largest absolute Gasteiger partial charge is 0.462 e. The minimum Gasteiger partial charge on any atom is -0.462 e. The van der Waals surface area contributed by atoms with E-state index < -0.39 is 6.10 Å². The zero-order valence-electron chi connectivity index (χ0n) is 32.0. The summed E-state index contributed by atoms with van der Waals surface area (Å²) in [5, 5.41) is 9.56. The first-order valence-electron chi connectivity index (χ1n) is 20.9. The van der Waals surface area contributed by atoms with Gasteiger partial charge in [-0.05, 0) is 64.2 Å². The molecule has 0 radical (unpaired) electrons. The summed E-state index contributed by atoms with van der Waals surface area (Å²) in [5.41, 5.74) is 0. The van der Waals surface area contributed by atoms with E-state index in [1.54, 1.807) is 0 Å². The molecule has 0 saturated carbocycles. The Kier molecular flexibility index (Phi) is 38.5. The second-order valence-electron chi connectivity index (χ2n) is 14.1. The summed E-state index contributed by atoms with van der Waals surface area (Å²) in [6.45, 7) is 4.13. The van der Waals surface area contributed by atoms with Crippen molar-refractivity contribution < 1.29 is 24.2 Å². The molecule has 0 heterocycles. The molecule has 48 heavy (non-hydrogen) atoms. The van der Waals surface area contributed by atoms with Crippen molar-refractivity contribution in [3.8, 4) is 0 Å². The number of esters is 2. The molecule has 0 spiro atoms. The van der Waals surface area contributed by atoms with Crippen LogP contribution in [-0.4, -0.2) is 36.4 Å². The lowest BCUT2D eigenvalue weighted by atomic mass is 10.1. The zero-order valence-corrected chi connectivity index (χ0v) is 32.0. The molecule has 0 aromatic carbocycles.